The molecule has 2 aliphatic rings. The first-order valence-corrected chi connectivity index (χ1v) is 11.4. The summed E-state index contributed by atoms with van der Waals surface area (Å²) in [5, 5.41) is 10.7. The standard InChI is InChI=1S/C25H23N3O3S/c1-16-14-28-23(22(27-25(28)32-16)20-7-4-5-13-26-20)19-6-2-3-8-21(19)31-15-17-9-11-18(12-10-17)24(29)30/h2-13,16,22-23H,14-15H2,1H3,(H,29,30)/t16-,22+,23-/m0/s1. The summed E-state index contributed by atoms with van der Waals surface area (Å²) in [5.74, 6) is -0.125. The molecule has 0 aliphatic carbocycles. The van der Waals surface area contributed by atoms with Crippen LogP contribution in [0.25, 0.3) is 0 Å². The second-order valence-corrected chi connectivity index (χ2v) is 9.37. The summed E-state index contributed by atoms with van der Waals surface area (Å²) in [5.41, 5.74) is 3.22. The van der Waals surface area contributed by atoms with Crippen LogP contribution in [-0.4, -0.2) is 37.9 Å². The minimum absolute atomic E-state index is 0.0166. The zero-order valence-electron chi connectivity index (χ0n) is 17.6. The second-order valence-electron chi connectivity index (χ2n) is 7.97. The average Bonchev–Trinajstić information content (AvgIpc) is 3.34. The Morgan fingerprint density at radius 3 is 2.66 bits per heavy atom. The maximum Gasteiger partial charge on any atom is 0.335 e. The summed E-state index contributed by atoms with van der Waals surface area (Å²) in [4.78, 5) is 23.1. The second kappa shape index (κ2) is 8.67. The number of carboxylic acids is 1. The lowest BCUT2D eigenvalue weighted by Crippen LogP contribution is -2.29. The molecule has 0 radical (unpaired) electrons. The van der Waals surface area contributed by atoms with Crippen LogP contribution in [0.15, 0.2) is 77.9 Å². The lowest BCUT2D eigenvalue weighted by molar-refractivity contribution is 0.0697. The highest BCUT2D eigenvalue weighted by atomic mass is 32.2. The van der Waals surface area contributed by atoms with Gasteiger partial charge in [0.2, 0.25) is 0 Å². The van der Waals surface area contributed by atoms with Gasteiger partial charge < -0.3 is 14.7 Å². The molecule has 3 aromatic rings. The third kappa shape index (κ3) is 3.96. The number of thioether (sulfide) groups is 1. The van der Waals surface area contributed by atoms with E-state index in [0.717, 1.165) is 34.3 Å². The summed E-state index contributed by atoms with van der Waals surface area (Å²) in [6.45, 7) is 3.51. The van der Waals surface area contributed by atoms with Gasteiger partial charge in [-0.1, -0.05) is 55.1 Å². The third-order valence-electron chi connectivity index (χ3n) is 5.71. The van der Waals surface area contributed by atoms with Gasteiger partial charge in [-0.3, -0.25) is 9.98 Å². The Kier molecular flexibility index (Phi) is 5.57. The van der Waals surface area contributed by atoms with Gasteiger partial charge in [0.05, 0.1) is 17.3 Å². The number of rotatable bonds is 6. The molecule has 0 unspecified atom stereocenters. The zero-order valence-corrected chi connectivity index (χ0v) is 18.4. The van der Waals surface area contributed by atoms with Gasteiger partial charge in [0, 0.05) is 23.6 Å². The molecule has 0 bridgehead atoms. The highest BCUT2D eigenvalue weighted by molar-refractivity contribution is 8.14. The highest BCUT2D eigenvalue weighted by Gasteiger charge is 2.44. The number of fused-ring (bicyclic) bond motifs is 1. The Bertz CT molecular complexity index is 1150. The molecule has 2 aliphatic heterocycles. The molecule has 1 saturated heterocycles. The van der Waals surface area contributed by atoms with Crippen LogP contribution >= 0.6 is 11.8 Å². The van der Waals surface area contributed by atoms with Crippen molar-refractivity contribution in [1.82, 2.24) is 9.88 Å². The first-order chi connectivity index (χ1) is 15.6. The van der Waals surface area contributed by atoms with Crippen molar-refractivity contribution in [2.75, 3.05) is 6.54 Å². The van der Waals surface area contributed by atoms with Gasteiger partial charge in [0.1, 0.15) is 18.4 Å². The number of benzene rings is 2. The van der Waals surface area contributed by atoms with E-state index in [1.807, 2.05) is 54.4 Å². The average molecular weight is 446 g/mol. The predicted octanol–water partition coefficient (Wildman–Crippen LogP) is 4.95. The van der Waals surface area contributed by atoms with E-state index in [9.17, 15) is 4.79 Å². The van der Waals surface area contributed by atoms with Crippen molar-refractivity contribution in [2.24, 2.45) is 4.99 Å². The normalized spacial score (nSPS) is 21.8. The van der Waals surface area contributed by atoms with Crippen molar-refractivity contribution >= 4 is 22.9 Å². The molecule has 2 aromatic carbocycles. The number of nitrogens with zero attached hydrogens (tertiary/aromatic N) is 3. The minimum atomic E-state index is -0.932. The summed E-state index contributed by atoms with van der Waals surface area (Å²) < 4.78 is 6.24. The molecule has 3 atom stereocenters. The Balaban J connectivity index is 1.44. The number of para-hydroxylation sites is 1. The van der Waals surface area contributed by atoms with Crippen molar-refractivity contribution in [2.45, 2.75) is 30.9 Å². The molecule has 1 fully saturated rings. The molecule has 0 saturated carbocycles. The van der Waals surface area contributed by atoms with E-state index < -0.39 is 5.97 Å². The molecule has 0 spiro atoms. The van der Waals surface area contributed by atoms with Crippen molar-refractivity contribution in [1.29, 1.82) is 0 Å². The van der Waals surface area contributed by atoms with Crippen LogP contribution in [0.3, 0.4) is 0 Å². The van der Waals surface area contributed by atoms with Crippen LogP contribution in [0.5, 0.6) is 5.75 Å². The van der Waals surface area contributed by atoms with Gasteiger partial charge in [-0.2, -0.15) is 0 Å². The van der Waals surface area contributed by atoms with Gasteiger partial charge in [0.25, 0.3) is 0 Å². The van der Waals surface area contributed by atoms with Crippen LogP contribution in [0.2, 0.25) is 0 Å². The fourth-order valence-corrected chi connectivity index (χ4v) is 5.31. The first-order valence-electron chi connectivity index (χ1n) is 10.6. The van der Waals surface area contributed by atoms with Crippen LogP contribution in [0.1, 0.15) is 46.2 Å². The highest BCUT2D eigenvalue weighted by Crippen LogP contribution is 2.49. The van der Waals surface area contributed by atoms with Gasteiger partial charge in [-0.05, 0) is 35.9 Å². The fraction of sp³-hybridized carbons (Fsp3) is 0.240. The number of carbonyl (C=O) groups is 1. The van der Waals surface area contributed by atoms with E-state index in [-0.39, 0.29) is 17.6 Å². The number of pyridine rings is 1. The van der Waals surface area contributed by atoms with E-state index in [1.54, 1.807) is 24.3 Å². The molecule has 5 rings (SSSR count). The molecular weight excluding hydrogens is 422 g/mol. The Morgan fingerprint density at radius 2 is 1.91 bits per heavy atom. The summed E-state index contributed by atoms with van der Waals surface area (Å²) in [7, 11) is 0. The molecule has 162 valence electrons. The lowest BCUT2D eigenvalue weighted by atomic mass is 9.95. The van der Waals surface area contributed by atoms with Crippen molar-refractivity contribution in [3.05, 3.63) is 95.3 Å². The molecule has 7 heteroatoms. The van der Waals surface area contributed by atoms with Gasteiger partial charge in [-0.25, -0.2) is 4.79 Å². The minimum Gasteiger partial charge on any atom is -0.489 e. The number of aliphatic imine (C=N–C) groups is 1. The summed E-state index contributed by atoms with van der Waals surface area (Å²) >= 11 is 1.81. The maximum absolute atomic E-state index is 11.1. The molecule has 1 aromatic heterocycles. The first kappa shape index (κ1) is 20.6. The smallest absolute Gasteiger partial charge is 0.335 e. The monoisotopic (exact) mass is 445 g/mol. The van der Waals surface area contributed by atoms with Crippen LogP contribution < -0.4 is 4.74 Å². The zero-order chi connectivity index (χ0) is 22.1. The number of ether oxygens (including phenoxy) is 1. The molecule has 6 nitrogen and oxygen atoms in total. The Labute approximate surface area is 191 Å². The lowest BCUT2D eigenvalue weighted by Gasteiger charge is -2.28. The molecule has 1 N–H and O–H groups in total. The van der Waals surface area contributed by atoms with Gasteiger partial charge >= 0.3 is 5.97 Å². The number of hydrogen-bond donors (Lipinski definition) is 1. The van der Waals surface area contributed by atoms with E-state index >= 15 is 0 Å². The van der Waals surface area contributed by atoms with Crippen LogP contribution in [0.4, 0.5) is 0 Å². The Morgan fingerprint density at radius 1 is 1.12 bits per heavy atom. The molecule has 3 heterocycles. The number of carboxylic acid groups (broad SMARTS) is 1. The van der Waals surface area contributed by atoms with Crippen molar-refractivity contribution in [3.63, 3.8) is 0 Å². The van der Waals surface area contributed by atoms with E-state index in [0.29, 0.717) is 11.9 Å². The number of amidine groups is 1. The molecule has 32 heavy (non-hydrogen) atoms. The van der Waals surface area contributed by atoms with E-state index in [2.05, 4.69) is 22.9 Å². The van der Waals surface area contributed by atoms with E-state index in [1.165, 1.54) is 0 Å². The largest absolute Gasteiger partial charge is 0.489 e. The van der Waals surface area contributed by atoms with Gasteiger partial charge in [-0.15, -0.1) is 0 Å². The maximum atomic E-state index is 11.1. The summed E-state index contributed by atoms with van der Waals surface area (Å²) in [6, 6.07) is 20.8. The topological polar surface area (TPSA) is 75.0 Å². The van der Waals surface area contributed by atoms with Crippen molar-refractivity contribution in [3.8, 4) is 5.75 Å². The van der Waals surface area contributed by atoms with E-state index in [4.69, 9.17) is 14.8 Å². The third-order valence-corrected chi connectivity index (χ3v) is 6.82. The fourth-order valence-electron chi connectivity index (χ4n) is 4.21. The quantitative estimate of drug-likeness (QED) is 0.579. The van der Waals surface area contributed by atoms with Gasteiger partial charge in [0.15, 0.2) is 5.17 Å². The molecular formula is C25H23N3O3S. The Hall–Kier alpha value is -3.32. The van der Waals surface area contributed by atoms with Crippen LogP contribution in [-0.2, 0) is 6.61 Å². The molecule has 0 amide bonds. The number of aromatic nitrogens is 1. The SMILES string of the molecule is C[C@H]1CN2C(=N[C@H](c3ccccn3)[C@@H]2c2ccccc2OCc2ccc(C(=O)O)cc2)S1. The van der Waals surface area contributed by atoms with Crippen molar-refractivity contribution < 1.29 is 14.6 Å². The number of aromatic carboxylic acids is 1. The number of hydrogen-bond acceptors (Lipinski definition) is 6. The van der Waals surface area contributed by atoms with Crippen LogP contribution in [0, 0.1) is 0 Å². The predicted molar refractivity (Wildman–Crippen MR) is 125 cm³/mol. The summed E-state index contributed by atoms with van der Waals surface area (Å²) in [6.07, 6.45) is 1.81.